The largest absolute Gasteiger partial charge is 0.502 e. The second-order valence-electron chi connectivity index (χ2n) is 5.28. The maximum atomic E-state index is 12.2. The Balaban J connectivity index is 2.51. The van der Waals surface area contributed by atoms with Crippen molar-refractivity contribution in [1.29, 1.82) is 0 Å². The number of nitro benzene ring substituents is 1. The molecule has 0 aliphatic carbocycles. The number of nitro groups is 1. The minimum atomic E-state index is -0.710. The van der Waals surface area contributed by atoms with Gasteiger partial charge in [0.1, 0.15) is 10.8 Å². The number of hydrogen-bond donors (Lipinski definition) is 1. The Kier molecular flexibility index (Phi) is 5.93. The van der Waals surface area contributed by atoms with E-state index in [-0.39, 0.29) is 17.9 Å². The van der Waals surface area contributed by atoms with Crippen LogP contribution in [0.5, 0.6) is 11.5 Å². The minimum Gasteiger partial charge on any atom is -0.502 e. The lowest BCUT2D eigenvalue weighted by Gasteiger charge is -2.05. The highest BCUT2D eigenvalue weighted by molar-refractivity contribution is 7.16. The summed E-state index contributed by atoms with van der Waals surface area (Å²) in [4.78, 5) is 27.7. The van der Waals surface area contributed by atoms with Gasteiger partial charge in [0.25, 0.3) is 0 Å². The van der Waals surface area contributed by atoms with Gasteiger partial charge in [-0.2, -0.15) is 0 Å². The van der Waals surface area contributed by atoms with E-state index in [0.29, 0.717) is 10.6 Å². The quantitative estimate of drug-likeness (QED) is 0.353. The van der Waals surface area contributed by atoms with Gasteiger partial charge in [-0.1, -0.05) is 0 Å². The minimum absolute atomic E-state index is 0.106. The number of carbonyl (C=O) groups excluding carboxylic acids is 1. The van der Waals surface area contributed by atoms with Gasteiger partial charge in [0.2, 0.25) is 5.75 Å². The summed E-state index contributed by atoms with van der Waals surface area (Å²) in [6, 6.07) is 2.54. The summed E-state index contributed by atoms with van der Waals surface area (Å²) in [5.74, 6) is -0.801. The molecule has 0 fully saturated rings. The maximum Gasteiger partial charge on any atom is 0.341 e. The number of thiophene rings is 1. The van der Waals surface area contributed by atoms with Crippen LogP contribution in [0.1, 0.15) is 33.3 Å². The van der Waals surface area contributed by atoms with Crippen molar-refractivity contribution < 1.29 is 24.3 Å². The SMILES string of the molecule is CCOC(=O)c1c(/N=C/c2cc(OC)cc([N+](=O)[O-])c2O)sc(C)c1C. The van der Waals surface area contributed by atoms with Gasteiger partial charge in [-0.25, -0.2) is 9.79 Å². The molecule has 9 heteroatoms. The van der Waals surface area contributed by atoms with Crippen molar-refractivity contribution in [1.82, 2.24) is 0 Å². The molecular formula is C17H18N2O6S. The molecule has 0 unspecified atom stereocenters. The van der Waals surface area contributed by atoms with E-state index >= 15 is 0 Å². The third-order valence-corrected chi connectivity index (χ3v) is 4.81. The number of aromatic hydroxyl groups is 1. The first-order valence-corrected chi connectivity index (χ1v) is 8.48. The summed E-state index contributed by atoms with van der Waals surface area (Å²) in [6.45, 7) is 5.60. The predicted molar refractivity (Wildman–Crippen MR) is 98.3 cm³/mol. The van der Waals surface area contributed by atoms with Gasteiger partial charge in [-0.05, 0) is 32.4 Å². The van der Waals surface area contributed by atoms with E-state index in [1.165, 1.54) is 30.7 Å². The van der Waals surface area contributed by atoms with Crippen molar-refractivity contribution in [2.45, 2.75) is 20.8 Å². The monoisotopic (exact) mass is 378 g/mol. The molecule has 0 saturated carbocycles. The van der Waals surface area contributed by atoms with E-state index in [4.69, 9.17) is 9.47 Å². The number of aliphatic imine (C=N–C) groups is 1. The predicted octanol–water partition coefficient (Wildman–Crippen LogP) is 3.91. The normalized spacial score (nSPS) is 10.9. The Labute approximate surface area is 153 Å². The fraction of sp³-hybridized carbons (Fsp3) is 0.294. The second kappa shape index (κ2) is 7.96. The second-order valence-corrected chi connectivity index (χ2v) is 6.49. The number of aryl methyl sites for hydroxylation is 1. The van der Waals surface area contributed by atoms with Gasteiger partial charge in [0, 0.05) is 16.7 Å². The van der Waals surface area contributed by atoms with Crippen LogP contribution < -0.4 is 4.74 Å². The zero-order valence-corrected chi connectivity index (χ0v) is 15.5. The van der Waals surface area contributed by atoms with Crippen LogP contribution in [-0.4, -0.2) is 35.9 Å². The summed E-state index contributed by atoms with van der Waals surface area (Å²) in [5.41, 5.74) is 0.730. The average Bonchev–Trinajstić information content (AvgIpc) is 2.88. The van der Waals surface area contributed by atoms with Crippen LogP contribution in [-0.2, 0) is 4.74 Å². The molecule has 0 bridgehead atoms. The topological polar surface area (TPSA) is 111 Å². The molecule has 0 aliphatic rings. The molecule has 0 aliphatic heterocycles. The van der Waals surface area contributed by atoms with Gasteiger partial charge in [-0.3, -0.25) is 10.1 Å². The maximum absolute atomic E-state index is 12.2. The van der Waals surface area contributed by atoms with Gasteiger partial charge in [-0.15, -0.1) is 11.3 Å². The van der Waals surface area contributed by atoms with Crippen molar-refractivity contribution in [3.05, 3.63) is 43.8 Å². The first kappa shape index (κ1) is 19.4. The van der Waals surface area contributed by atoms with Gasteiger partial charge < -0.3 is 14.6 Å². The van der Waals surface area contributed by atoms with Crippen LogP contribution in [0.15, 0.2) is 17.1 Å². The number of hydrogen-bond acceptors (Lipinski definition) is 8. The van der Waals surface area contributed by atoms with Crippen molar-refractivity contribution in [3.8, 4) is 11.5 Å². The van der Waals surface area contributed by atoms with Gasteiger partial charge in [0.05, 0.1) is 30.3 Å². The fourth-order valence-electron chi connectivity index (χ4n) is 2.24. The van der Waals surface area contributed by atoms with E-state index in [1.807, 2.05) is 6.92 Å². The number of carbonyl (C=O) groups is 1. The number of methoxy groups -OCH3 is 1. The van der Waals surface area contributed by atoms with Crippen LogP contribution in [0.3, 0.4) is 0 Å². The number of ether oxygens (including phenoxy) is 2. The summed E-state index contributed by atoms with van der Waals surface area (Å²) in [6.07, 6.45) is 1.26. The summed E-state index contributed by atoms with van der Waals surface area (Å²) in [7, 11) is 1.36. The van der Waals surface area contributed by atoms with Crippen LogP contribution in [0.25, 0.3) is 0 Å². The lowest BCUT2D eigenvalue weighted by atomic mass is 10.1. The molecule has 0 radical (unpaired) electrons. The number of benzene rings is 1. The Morgan fingerprint density at radius 2 is 2.12 bits per heavy atom. The molecule has 2 aromatic rings. The van der Waals surface area contributed by atoms with Crippen LogP contribution in [0, 0.1) is 24.0 Å². The molecule has 138 valence electrons. The molecule has 1 aromatic carbocycles. The van der Waals surface area contributed by atoms with E-state index < -0.39 is 22.3 Å². The zero-order chi connectivity index (χ0) is 19.4. The van der Waals surface area contributed by atoms with Gasteiger partial charge in [0.15, 0.2) is 0 Å². The molecule has 0 spiro atoms. The van der Waals surface area contributed by atoms with Crippen molar-refractivity contribution >= 4 is 34.2 Å². The third kappa shape index (κ3) is 3.83. The van der Waals surface area contributed by atoms with E-state index in [2.05, 4.69) is 4.99 Å². The number of phenolic OH excluding ortho intramolecular Hbond substituents is 1. The van der Waals surface area contributed by atoms with Crippen molar-refractivity contribution in [3.63, 3.8) is 0 Å². The summed E-state index contributed by atoms with van der Waals surface area (Å²) in [5, 5.41) is 21.6. The van der Waals surface area contributed by atoms with E-state index in [1.54, 1.807) is 13.8 Å². The Hall–Kier alpha value is -2.94. The standard InChI is InChI=1S/C17H18N2O6S/c1-5-25-17(21)14-9(2)10(3)26-16(14)18-8-11-6-12(24-4)7-13(15(11)20)19(22)23/h6-8,20H,5H2,1-4H3/b18-8+. The highest BCUT2D eigenvalue weighted by atomic mass is 32.1. The Morgan fingerprint density at radius 3 is 2.69 bits per heavy atom. The number of esters is 1. The first-order chi connectivity index (χ1) is 12.3. The zero-order valence-electron chi connectivity index (χ0n) is 14.7. The van der Waals surface area contributed by atoms with Crippen LogP contribution in [0.2, 0.25) is 0 Å². The molecule has 1 aromatic heterocycles. The number of nitrogens with zero attached hydrogens (tertiary/aromatic N) is 2. The molecule has 26 heavy (non-hydrogen) atoms. The smallest absolute Gasteiger partial charge is 0.341 e. The molecule has 8 nitrogen and oxygen atoms in total. The Morgan fingerprint density at radius 1 is 1.42 bits per heavy atom. The summed E-state index contributed by atoms with van der Waals surface area (Å²) >= 11 is 1.30. The molecule has 0 atom stereocenters. The highest BCUT2D eigenvalue weighted by Crippen LogP contribution is 2.37. The molecule has 0 amide bonds. The first-order valence-electron chi connectivity index (χ1n) is 7.66. The molecular weight excluding hydrogens is 360 g/mol. The molecule has 2 rings (SSSR count). The molecule has 1 heterocycles. The van der Waals surface area contributed by atoms with Crippen molar-refractivity contribution in [2.75, 3.05) is 13.7 Å². The van der Waals surface area contributed by atoms with Crippen LogP contribution in [0.4, 0.5) is 10.7 Å². The molecule has 0 saturated heterocycles. The number of phenols is 1. The van der Waals surface area contributed by atoms with Gasteiger partial charge >= 0.3 is 11.7 Å². The lowest BCUT2D eigenvalue weighted by molar-refractivity contribution is -0.385. The van der Waals surface area contributed by atoms with E-state index in [9.17, 15) is 20.0 Å². The third-order valence-electron chi connectivity index (χ3n) is 3.69. The van der Waals surface area contributed by atoms with Crippen molar-refractivity contribution in [2.24, 2.45) is 4.99 Å². The highest BCUT2D eigenvalue weighted by Gasteiger charge is 2.21. The van der Waals surface area contributed by atoms with E-state index in [0.717, 1.165) is 16.5 Å². The fourth-order valence-corrected chi connectivity index (χ4v) is 3.23. The number of rotatable bonds is 6. The van der Waals surface area contributed by atoms with Crippen LogP contribution >= 0.6 is 11.3 Å². The average molecular weight is 378 g/mol. The lowest BCUT2D eigenvalue weighted by Crippen LogP contribution is -2.05. The summed E-state index contributed by atoms with van der Waals surface area (Å²) < 4.78 is 10.1. The molecule has 1 N–H and O–H groups in total. The Bertz CT molecular complexity index is 888.